The van der Waals surface area contributed by atoms with Gasteiger partial charge in [0, 0.05) is 0 Å². The summed E-state index contributed by atoms with van der Waals surface area (Å²) in [6.45, 7) is 4.74. The second kappa shape index (κ2) is 3.69. The van der Waals surface area contributed by atoms with Gasteiger partial charge >= 0.3 is 0 Å². The molecule has 0 heterocycles. The van der Waals surface area contributed by atoms with E-state index >= 15 is 0 Å². The molecule has 0 aromatic rings. The molecule has 0 bridgehead atoms. The largest absolute Gasteiger partial charge is 0.0841 e. The van der Waals surface area contributed by atoms with Crippen molar-refractivity contribution in [3.8, 4) is 0 Å². The Labute approximate surface area is 81.7 Å². The zero-order valence-corrected chi connectivity index (χ0v) is 8.84. The van der Waals surface area contributed by atoms with E-state index in [2.05, 4.69) is 26.0 Å². The molecule has 0 saturated carbocycles. The Hall–Kier alpha value is -0.520. The first-order valence-corrected chi connectivity index (χ1v) is 5.62. The number of hydrogen-bond donors (Lipinski definition) is 0. The van der Waals surface area contributed by atoms with Crippen LogP contribution in [0, 0.1) is 11.8 Å². The minimum Gasteiger partial charge on any atom is -0.0841 e. The lowest BCUT2D eigenvalue weighted by molar-refractivity contribution is 0.337. The van der Waals surface area contributed by atoms with Crippen molar-refractivity contribution in [2.75, 3.05) is 0 Å². The first-order valence-electron chi connectivity index (χ1n) is 5.62. The van der Waals surface area contributed by atoms with Gasteiger partial charge in [0.2, 0.25) is 0 Å². The summed E-state index contributed by atoms with van der Waals surface area (Å²) in [6.07, 6.45) is 11.4. The van der Waals surface area contributed by atoms with Gasteiger partial charge in [-0.1, -0.05) is 37.1 Å². The molecule has 2 aliphatic carbocycles. The molecular weight excluding hydrogens is 156 g/mol. The highest BCUT2D eigenvalue weighted by Gasteiger charge is 2.22. The topological polar surface area (TPSA) is 0 Å². The highest BCUT2D eigenvalue weighted by Crippen LogP contribution is 2.38. The highest BCUT2D eigenvalue weighted by atomic mass is 14.3. The molecule has 0 heteroatoms. The molecule has 0 spiro atoms. The summed E-state index contributed by atoms with van der Waals surface area (Å²) in [5, 5.41) is 0. The third-order valence-electron chi connectivity index (χ3n) is 3.66. The van der Waals surface area contributed by atoms with Crippen molar-refractivity contribution in [2.24, 2.45) is 11.8 Å². The van der Waals surface area contributed by atoms with Crippen LogP contribution < -0.4 is 0 Å². The van der Waals surface area contributed by atoms with E-state index in [0.29, 0.717) is 0 Å². The Balaban J connectivity index is 2.06. The van der Waals surface area contributed by atoms with Gasteiger partial charge in [-0.3, -0.25) is 0 Å². The molecule has 13 heavy (non-hydrogen) atoms. The van der Waals surface area contributed by atoms with Crippen LogP contribution in [0.15, 0.2) is 23.3 Å². The summed E-state index contributed by atoms with van der Waals surface area (Å²) in [5.74, 6) is 1.84. The molecule has 0 N–H and O–H groups in total. The third-order valence-corrected chi connectivity index (χ3v) is 3.66. The molecule has 0 radical (unpaired) electrons. The van der Waals surface area contributed by atoms with Crippen LogP contribution in [0.3, 0.4) is 0 Å². The van der Waals surface area contributed by atoms with Gasteiger partial charge in [-0.2, -0.15) is 0 Å². The molecular formula is C13H20. The average molecular weight is 176 g/mol. The molecule has 0 fully saturated rings. The predicted molar refractivity (Wildman–Crippen MR) is 57.6 cm³/mol. The minimum atomic E-state index is 0.875. The van der Waals surface area contributed by atoms with Crippen molar-refractivity contribution >= 4 is 0 Å². The van der Waals surface area contributed by atoms with Crippen molar-refractivity contribution in [1.82, 2.24) is 0 Å². The second-order valence-electron chi connectivity index (χ2n) is 4.83. The lowest BCUT2D eigenvalue weighted by Gasteiger charge is -2.30. The lowest BCUT2D eigenvalue weighted by Crippen LogP contribution is -2.16. The van der Waals surface area contributed by atoms with E-state index < -0.39 is 0 Å². The van der Waals surface area contributed by atoms with Crippen LogP contribution in [0.4, 0.5) is 0 Å². The minimum absolute atomic E-state index is 0.875. The fourth-order valence-corrected chi connectivity index (χ4v) is 2.59. The van der Waals surface area contributed by atoms with Crippen molar-refractivity contribution in [3.05, 3.63) is 23.3 Å². The number of hydrogen-bond acceptors (Lipinski definition) is 0. The van der Waals surface area contributed by atoms with E-state index in [1.54, 1.807) is 11.1 Å². The van der Waals surface area contributed by atoms with E-state index in [-0.39, 0.29) is 0 Å². The Morgan fingerprint density at radius 2 is 1.85 bits per heavy atom. The number of rotatable bonds is 1. The summed E-state index contributed by atoms with van der Waals surface area (Å²) in [5.41, 5.74) is 3.53. The number of allylic oxidation sites excluding steroid dienone is 4. The second-order valence-corrected chi connectivity index (χ2v) is 4.83. The highest BCUT2D eigenvalue weighted by molar-refractivity contribution is 5.26. The van der Waals surface area contributed by atoms with Crippen molar-refractivity contribution in [3.63, 3.8) is 0 Å². The molecule has 1 atom stereocenters. The third kappa shape index (κ3) is 1.87. The summed E-state index contributed by atoms with van der Waals surface area (Å²) in [7, 11) is 0. The van der Waals surface area contributed by atoms with Crippen LogP contribution in [0.1, 0.15) is 46.0 Å². The summed E-state index contributed by atoms with van der Waals surface area (Å²) in [4.78, 5) is 0. The molecule has 2 aliphatic rings. The van der Waals surface area contributed by atoms with E-state index in [0.717, 1.165) is 11.8 Å². The Morgan fingerprint density at radius 3 is 2.54 bits per heavy atom. The molecule has 72 valence electrons. The van der Waals surface area contributed by atoms with Crippen LogP contribution in [0.2, 0.25) is 0 Å². The van der Waals surface area contributed by atoms with Crippen LogP contribution >= 0.6 is 0 Å². The van der Waals surface area contributed by atoms with Crippen molar-refractivity contribution in [2.45, 2.75) is 46.0 Å². The maximum Gasteiger partial charge on any atom is -0.0136 e. The quantitative estimate of drug-likeness (QED) is 0.528. The van der Waals surface area contributed by atoms with Gasteiger partial charge in [-0.15, -0.1) is 0 Å². The molecule has 0 aromatic heterocycles. The maximum atomic E-state index is 2.37. The summed E-state index contributed by atoms with van der Waals surface area (Å²) >= 11 is 0. The maximum absolute atomic E-state index is 2.37. The molecule has 0 amide bonds. The van der Waals surface area contributed by atoms with Crippen LogP contribution in [0.25, 0.3) is 0 Å². The van der Waals surface area contributed by atoms with Gasteiger partial charge in [0.1, 0.15) is 0 Å². The van der Waals surface area contributed by atoms with Crippen molar-refractivity contribution in [1.29, 1.82) is 0 Å². The molecule has 2 rings (SSSR count). The van der Waals surface area contributed by atoms with E-state index in [4.69, 9.17) is 0 Å². The molecule has 1 unspecified atom stereocenters. The molecule has 0 saturated heterocycles. The van der Waals surface area contributed by atoms with Crippen LogP contribution in [-0.4, -0.2) is 0 Å². The van der Waals surface area contributed by atoms with Gasteiger partial charge in [0.25, 0.3) is 0 Å². The standard InChI is InChI=1S/C13H20/c1-10(2)12-8-7-11-5-3-4-6-13(11)9-12/h3-4,10,12H,5-9H2,1-2H3. The van der Waals surface area contributed by atoms with Gasteiger partial charge in [0.05, 0.1) is 0 Å². The first kappa shape index (κ1) is 9.05. The average Bonchev–Trinajstić information content (AvgIpc) is 2.17. The molecule has 0 aliphatic heterocycles. The zero-order valence-electron chi connectivity index (χ0n) is 8.84. The van der Waals surface area contributed by atoms with Crippen LogP contribution in [0.5, 0.6) is 0 Å². The van der Waals surface area contributed by atoms with E-state index in [1.165, 1.54) is 32.1 Å². The van der Waals surface area contributed by atoms with E-state index in [1.807, 2.05) is 0 Å². The Kier molecular flexibility index (Phi) is 2.57. The molecule has 0 nitrogen and oxygen atoms in total. The van der Waals surface area contributed by atoms with Gasteiger partial charge in [-0.05, 0) is 43.9 Å². The summed E-state index contributed by atoms with van der Waals surface area (Å²) in [6, 6.07) is 0. The van der Waals surface area contributed by atoms with Gasteiger partial charge < -0.3 is 0 Å². The summed E-state index contributed by atoms with van der Waals surface area (Å²) < 4.78 is 0. The monoisotopic (exact) mass is 176 g/mol. The SMILES string of the molecule is CC(C)C1CCC2=C(CC=CC2)C1. The fraction of sp³-hybridized carbons (Fsp3) is 0.692. The molecule has 0 aromatic carbocycles. The Bertz CT molecular complexity index is 243. The zero-order chi connectivity index (χ0) is 9.26. The van der Waals surface area contributed by atoms with Crippen LogP contribution in [-0.2, 0) is 0 Å². The van der Waals surface area contributed by atoms with Gasteiger partial charge in [-0.25, -0.2) is 0 Å². The smallest absolute Gasteiger partial charge is 0.0136 e. The van der Waals surface area contributed by atoms with E-state index in [9.17, 15) is 0 Å². The Morgan fingerprint density at radius 1 is 1.15 bits per heavy atom. The van der Waals surface area contributed by atoms with Crippen molar-refractivity contribution < 1.29 is 0 Å². The van der Waals surface area contributed by atoms with Gasteiger partial charge in [0.15, 0.2) is 0 Å². The normalized spacial score (nSPS) is 28.1. The lowest BCUT2D eigenvalue weighted by atomic mass is 9.75. The predicted octanol–water partition coefficient (Wildman–Crippen LogP) is 4.09. The fourth-order valence-electron chi connectivity index (χ4n) is 2.59. The first-order chi connectivity index (χ1) is 6.27.